The number of hydrogen-bond acceptors (Lipinski definition) is 2. The molecule has 4 heteroatoms. The number of fused-ring (bicyclic) bond motifs is 1. The second kappa shape index (κ2) is 5.88. The molecule has 2 aliphatic rings. The lowest BCUT2D eigenvalue weighted by Crippen LogP contribution is -2.44. The van der Waals surface area contributed by atoms with Gasteiger partial charge in [0.15, 0.2) is 0 Å². The summed E-state index contributed by atoms with van der Waals surface area (Å²) in [5.41, 5.74) is 1.24. The van der Waals surface area contributed by atoms with Gasteiger partial charge in [-0.25, -0.2) is 0 Å². The molecule has 2 aliphatic heterocycles. The predicted molar refractivity (Wildman–Crippen MR) is 80.8 cm³/mol. The Bertz CT molecular complexity index is 529. The maximum Gasteiger partial charge on any atom is 0.245 e. The minimum atomic E-state index is -0.206. The molecular weight excluding hydrogens is 264 g/mol. The molecule has 1 aromatic rings. The average Bonchev–Trinajstić information content (AvgIpc) is 2.97. The third kappa shape index (κ3) is 2.80. The zero-order chi connectivity index (χ0) is 14.8. The summed E-state index contributed by atoms with van der Waals surface area (Å²) in [7, 11) is 0. The van der Waals surface area contributed by atoms with Gasteiger partial charge in [0.2, 0.25) is 11.8 Å². The summed E-state index contributed by atoms with van der Waals surface area (Å²) in [6, 6.07) is 10.0. The van der Waals surface area contributed by atoms with E-state index < -0.39 is 0 Å². The first kappa shape index (κ1) is 14.1. The van der Waals surface area contributed by atoms with Crippen molar-refractivity contribution in [3.05, 3.63) is 35.9 Å². The van der Waals surface area contributed by atoms with Crippen molar-refractivity contribution in [3.63, 3.8) is 0 Å². The summed E-state index contributed by atoms with van der Waals surface area (Å²) in [5, 5.41) is 0. The lowest BCUT2D eigenvalue weighted by atomic mass is 10.0. The van der Waals surface area contributed by atoms with Crippen molar-refractivity contribution in [2.45, 2.75) is 38.1 Å². The monoisotopic (exact) mass is 286 g/mol. The maximum absolute atomic E-state index is 12.7. The lowest BCUT2D eigenvalue weighted by molar-refractivity contribution is -0.139. The largest absolute Gasteiger partial charge is 0.340 e. The second-order valence-electron chi connectivity index (χ2n) is 6.09. The average molecular weight is 286 g/mol. The van der Waals surface area contributed by atoms with E-state index in [1.54, 1.807) is 4.90 Å². The van der Waals surface area contributed by atoms with Crippen molar-refractivity contribution in [1.82, 2.24) is 9.80 Å². The number of nitrogens with zero attached hydrogens (tertiary/aromatic N) is 2. The van der Waals surface area contributed by atoms with Gasteiger partial charge < -0.3 is 9.80 Å². The molecule has 0 spiro atoms. The van der Waals surface area contributed by atoms with Gasteiger partial charge in [-0.3, -0.25) is 9.59 Å². The molecule has 2 heterocycles. The van der Waals surface area contributed by atoms with Gasteiger partial charge in [-0.2, -0.15) is 0 Å². The predicted octanol–water partition coefficient (Wildman–Crippen LogP) is 2.01. The van der Waals surface area contributed by atoms with E-state index in [0.717, 1.165) is 19.4 Å². The molecule has 0 radical (unpaired) electrons. The molecule has 2 saturated heterocycles. The summed E-state index contributed by atoms with van der Waals surface area (Å²) in [6.07, 6.45) is 2.23. The Labute approximate surface area is 125 Å². The Balaban J connectivity index is 1.73. The highest BCUT2D eigenvalue weighted by Crippen LogP contribution is 2.25. The summed E-state index contributed by atoms with van der Waals surface area (Å²) < 4.78 is 0. The number of carbonyl (C=O) groups is 2. The molecule has 112 valence electrons. The van der Waals surface area contributed by atoms with Gasteiger partial charge in [-0.05, 0) is 24.3 Å². The van der Waals surface area contributed by atoms with Gasteiger partial charge in [-0.1, -0.05) is 37.3 Å². The van der Waals surface area contributed by atoms with Crippen LogP contribution >= 0.6 is 0 Å². The Morgan fingerprint density at radius 2 is 1.95 bits per heavy atom. The molecule has 0 aliphatic carbocycles. The summed E-state index contributed by atoms with van der Waals surface area (Å²) in [5.74, 6) is 0.569. The van der Waals surface area contributed by atoms with Gasteiger partial charge in [0.25, 0.3) is 0 Å². The van der Waals surface area contributed by atoms with Crippen LogP contribution in [0.3, 0.4) is 0 Å². The fourth-order valence-electron chi connectivity index (χ4n) is 3.42. The first-order valence-corrected chi connectivity index (χ1v) is 7.80. The van der Waals surface area contributed by atoms with Gasteiger partial charge in [0, 0.05) is 26.1 Å². The summed E-state index contributed by atoms with van der Waals surface area (Å²) in [4.78, 5) is 28.4. The second-order valence-corrected chi connectivity index (χ2v) is 6.09. The molecule has 2 fully saturated rings. The third-order valence-corrected chi connectivity index (χ3v) is 4.63. The first-order chi connectivity index (χ1) is 10.2. The van der Waals surface area contributed by atoms with Crippen LogP contribution in [0.5, 0.6) is 0 Å². The van der Waals surface area contributed by atoms with Gasteiger partial charge in [-0.15, -0.1) is 0 Å². The fourth-order valence-corrected chi connectivity index (χ4v) is 3.42. The lowest BCUT2D eigenvalue weighted by Gasteiger charge is -2.27. The molecule has 2 unspecified atom stereocenters. The zero-order valence-electron chi connectivity index (χ0n) is 12.5. The standard InChI is InChI=1S/C17H22N2O2/c1-13(14-6-3-2-4-7-14)12-18-11-9-16(20)19-10-5-8-15(19)17(18)21/h2-4,6-7,13,15H,5,8-12H2,1H3. The maximum atomic E-state index is 12.7. The highest BCUT2D eigenvalue weighted by atomic mass is 16.2. The number of rotatable bonds is 3. The van der Waals surface area contributed by atoms with Gasteiger partial charge in [0.1, 0.15) is 6.04 Å². The summed E-state index contributed by atoms with van der Waals surface area (Å²) >= 11 is 0. The van der Waals surface area contributed by atoms with Crippen molar-refractivity contribution >= 4 is 11.8 Å². The van der Waals surface area contributed by atoms with E-state index in [1.807, 2.05) is 23.1 Å². The third-order valence-electron chi connectivity index (χ3n) is 4.63. The number of benzene rings is 1. The quantitative estimate of drug-likeness (QED) is 0.853. The van der Waals surface area contributed by atoms with Crippen molar-refractivity contribution in [3.8, 4) is 0 Å². The van der Waals surface area contributed by atoms with Crippen LogP contribution in [0.25, 0.3) is 0 Å². The number of hydrogen-bond donors (Lipinski definition) is 0. The van der Waals surface area contributed by atoms with E-state index in [2.05, 4.69) is 19.1 Å². The Kier molecular flexibility index (Phi) is 3.95. The van der Waals surface area contributed by atoms with Crippen LogP contribution in [-0.2, 0) is 9.59 Å². The molecule has 0 saturated carbocycles. The van der Waals surface area contributed by atoms with E-state index >= 15 is 0 Å². The Hall–Kier alpha value is -1.84. The van der Waals surface area contributed by atoms with Crippen LogP contribution in [0.15, 0.2) is 30.3 Å². The molecule has 2 amide bonds. The van der Waals surface area contributed by atoms with E-state index in [4.69, 9.17) is 0 Å². The van der Waals surface area contributed by atoms with E-state index in [0.29, 0.717) is 25.4 Å². The molecule has 0 bridgehead atoms. The minimum Gasteiger partial charge on any atom is -0.340 e. The molecule has 2 atom stereocenters. The van der Waals surface area contributed by atoms with Crippen LogP contribution in [0.4, 0.5) is 0 Å². The van der Waals surface area contributed by atoms with Crippen molar-refractivity contribution in [1.29, 1.82) is 0 Å². The molecule has 0 aromatic heterocycles. The highest BCUT2D eigenvalue weighted by Gasteiger charge is 2.39. The minimum absolute atomic E-state index is 0.140. The SMILES string of the molecule is CC(CN1CCC(=O)N2CCCC2C1=O)c1ccccc1. The topological polar surface area (TPSA) is 40.6 Å². The van der Waals surface area contributed by atoms with Crippen molar-refractivity contribution in [2.75, 3.05) is 19.6 Å². The highest BCUT2D eigenvalue weighted by molar-refractivity contribution is 5.90. The molecule has 21 heavy (non-hydrogen) atoms. The first-order valence-electron chi connectivity index (χ1n) is 7.80. The summed E-state index contributed by atoms with van der Waals surface area (Å²) in [6.45, 7) is 4.14. The van der Waals surface area contributed by atoms with Crippen molar-refractivity contribution in [2.24, 2.45) is 0 Å². The molecule has 3 rings (SSSR count). The molecule has 4 nitrogen and oxygen atoms in total. The van der Waals surface area contributed by atoms with Gasteiger partial charge >= 0.3 is 0 Å². The van der Waals surface area contributed by atoms with E-state index in [-0.39, 0.29) is 17.9 Å². The molecule has 1 aromatic carbocycles. The van der Waals surface area contributed by atoms with Crippen LogP contribution in [0.1, 0.15) is 37.7 Å². The van der Waals surface area contributed by atoms with Crippen LogP contribution < -0.4 is 0 Å². The van der Waals surface area contributed by atoms with E-state index in [1.165, 1.54) is 5.56 Å². The van der Waals surface area contributed by atoms with E-state index in [9.17, 15) is 9.59 Å². The van der Waals surface area contributed by atoms with Crippen molar-refractivity contribution < 1.29 is 9.59 Å². The number of carbonyl (C=O) groups excluding carboxylic acids is 2. The Morgan fingerprint density at radius 1 is 1.19 bits per heavy atom. The molecular formula is C17H22N2O2. The van der Waals surface area contributed by atoms with Crippen LogP contribution in [-0.4, -0.2) is 47.3 Å². The zero-order valence-corrected chi connectivity index (χ0v) is 12.5. The fraction of sp³-hybridized carbons (Fsp3) is 0.529. The normalized spacial score (nSPS) is 24.0. The van der Waals surface area contributed by atoms with Gasteiger partial charge in [0.05, 0.1) is 0 Å². The Morgan fingerprint density at radius 3 is 2.71 bits per heavy atom. The molecule has 0 N–H and O–H groups in total. The van der Waals surface area contributed by atoms with Crippen LogP contribution in [0, 0.1) is 0 Å². The smallest absolute Gasteiger partial charge is 0.245 e. The number of amides is 2. The van der Waals surface area contributed by atoms with Crippen LogP contribution in [0.2, 0.25) is 0 Å².